The number of aryl methyl sites for hydroxylation is 1. The van der Waals surface area contributed by atoms with Crippen molar-refractivity contribution < 1.29 is 14.0 Å². The summed E-state index contributed by atoms with van der Waals surface area (Å²) in [6.45, 7) is 1.98. The van der Waals surface area contributed by atoms with Crippen LogP contribution in [0.2, 0.25) is 5.02 Å². The molecular formula is C21H18ClFN4O2. The van der Waals surface area contributed by atoms with Crippen LogP contribution in [-0.4, -0.2) is 21.6 Å². The molecule has 0 aliphatic carbocycles. The number of hydrogen-bond donors (Lipinski definition) is 2. The zero-order valence-corrected chi connectivity index (χ0v) is 16.3. The first-order chi connectivity index (χ1) is 14.0. The number of benzene rings is 2. The van der Waals surface area contributed by atoms with Crippen molar-refractivity contribution in [2.45, 2.75) is 25.8 Å². The maximum atomic E-state index is 13.0. The van der Waals surface area contributed by atoms with Gasteiger partial charge in [0.2, 0.25) is 5.91 Å². The SMILES string of the molecule is CCc1nn2c(c1-c1ccc(Cl)cc1)NC(=O)C2CC(=O)Nc1ccc(F)cc1. The van der Waals surface area contributed by atoms with Crippen molar-refractivity contribution in [1.82, 2.24) is 9.78 Å². The van der Waals surface area contributed by atoms with Gasteiger partial charge in [-0.25, -0.2) is 9.07 Å². The smallest absolute Gasteiger partial charge is 0.251 e. The quantitative estimate of drug-likeness (QED) is 0.651. The van der Waals surface area contributed by atoms with Crippen LogP contribution in [0.4, 0.5) is 15.9 Å². The minimum atomic E-state index is -0.753. The first-order valence-electron chi connectivity index (χ1n) is 9.20. The summed E-state index contributed by atoms with van der Waals surface area (Å²) in [5, 5.41) is 10.7. The summed E-state index contributed by atoms with van der Waals surface area (Å²) in [6, 6.07) is 12.0. The highest BCUT2D eigenvalue weighted by molar-refractivity contribution is 6.30. The van der Waals surface area contributed by atoms with E-state index in [0.29, 0.717) is 22.9 Å². The van der Waals surface area contributed by atoms with Crippen LogP contribution in [0, 0.1) is 5.82 Å². The van der Waals surface area contributed by atoms with Crippen LogP contribution < -0.4 is 10.6 Å². The van der Waals surface area contributed by atoms with E-state index < -0.39 is 6.04 Å². The van der Waals surface area contributed by atoms with Crippen molar-refractivity contribution in [2.75, 3.05) is 10.6 Å². The fraction of sp³-hybridized carbons (Fsp3) is 0.190. The van der Waals surface area contributed by atoms with Gasteiger partial charge in [-0.1, -0.05) is 30.7 Å². The fourth-order valence-electron chi connectivity index (χ4n) is 3.41. The topological polar surface area (TPSA) is 76.0 Å². The number of rotatable bonds is 5. The van der Waals surface area contributed by atoms with Crippen LogP contribution in [0.1, 0.15) is 25.1 Å². The Morgan fingerprint density at radius 2 is 1.90 bits per heavy atom. The Morgan fingerprint density at radius 3 is 2.55 bits per heavy atom. The van der Waals surface area contributed by atoms with Crippen LogP contribution >= 0.6 is 11.6 Å². The number of amides is 2. The molecule has 0 saturated heterocycles. The third-order valence-corrected chi connectivity index (χ3v) is 5.05. The second-order valence-electron chi connectivity index (χ2n) is 6.74. The van der Waals surface area contributed by atoms with Gasteiger partial charge in [0, 0.05) is 16.3 Å². The highest BCUT2D eigenvalue weighted by Crippen LogP contribution is 2.39. The summed E-state index contributed by atoms with van der Waals surface area (Å²) >= 11 is 5.99. The van der Waals surface area contributed by atoms with E-state index in [2.05, 4.69) is 15.7 Å². The average molecular weight is 413 g/mol. The second-order valence-corrected chi connectivity index (χ2v) is 7.18. The summed E-state index contributed by atoms with van der Waals surface area (Å²) in [4.78, 5) is 25.0. The van der Waals surface area contributed by atoms with Gasteiger partial charge in [0.25, 0.3) is 5.91 Å². The van der Waals surface area contributed by atoms with Crippen molar-refractivity contribution >= 4 is 34.9 Å². The van der Waals surface area contributed by atoms with Crippen molar-refractivity contribution in [1.29, 1.82) is 0 Å². The summed E-state index contributed by atoms with van der Waals surface area (Å²) in [7, 11) is 0. The van der Waals surface area contributed by atoms with E-state index in [1.165, 1.54) is 24.3 Å². The molecule has 2 heterocycles. The highest BCUT2D eigenvalue weighted by Gasteiger charge is 2.36. The largest absolute Gasteiger partial charge is 0.326 e. The summed E-state index contributed by atoms with van der Waals surface area (Å²) in [5.74, 6) is -0.458. The number of nitrogens with one attached hydrogen (secondary N) is 2. The molecule has 4 rings (SSSR count). The Kier molecular flexibility index (Phi) is 5.07. The zero-order chi connectivity index (χ0) is 20.5. The average Bonchev–Trinajstić information content (AvgIpc) is 3.20. The molecule has 1 aromatic heterocycles. The van der Waals surface area contributed by atoms with Gasteiger partial charge in [-0.05, 0) is 48.4 Å². The lowest BCUT2D eigenvalue weighted by molar-refractivity contribution is -0.123. The van der Waals surface area contributed by atoms with Crippen LogP contribution in [-0.2, 0) is 16.0 Å². The summed E-state index contributed by atoms with van der Waals surface area (Å²) in [5.41, 5.74) is 3.01. The van der Waals surface area contributed by atoms with E-state index in [0.717, 1.165) is 16.8 Å². The Hall–Kier alpha value is -3.19. The molecule has 8 heteroatoms. The lowest BCUT2D eigenvalue weighted by atomic mass is 10.0. The zero-order valence-electron chi connectivity index (χ0n) is 15.6. The van der Waals surface area contributed by atoms with Crippen LogP contribution in [0.3, 0.4) is 0 Å². The summed E-state index contributed by atoms with van der Waals surface area (Å²) < 4.78 is 14.6. The molecule has 2 aromatic carbocycles. The second kappa shape index (κ2) is 7.67. The number of halogens is 2. The molecule has 6 nitrogen and oxygen atoms in total. The molecule has 1 aliphatic heterocycles. The molecule has 0 spiro atoms. The number of anilines is 2. The molecular weight excluding hydrogens is 395 g/mol. The van der Waals surface area contributed by atoms with Crippen molar-refractivity contribution in [3.8, 4) is 11.1 Å². The predicted molar refractivity (Wildman–Crippen MR) is 109 cm³/mol. The normalized spacial score (nSPS) is 15.1. The maximum absolute atomic E-state index is 13.0. The van der Waals surface area contributed by atoms with Crippen molar-refractivity contribution in [3.05, 3.63) is 65.1 Å². The van der Waals surface area contributed by atoms with Gasteiger partial charge in [0.05, 0.1) is 12.1 Å². The Balaban J connectivity index is 1.60. The molecule has 1 atom stereocenters. The molecule has 2 amide bonds. The maximum Gasteiger partial charge on any atom is 0.251 e. The lowest BCUT2D eigenvalue weighted by Crippen LogP contribution is -2.23. The van der Waals surface area contributed by atoms with Gasteiger partial charge < -0.3 is 10.6 Å². The first-order valence-corrected chi connectivity index (χ1v) is 9.57. The molecule has 0 radical (unpaired) electrons. The minimum absolute atomic E-state index is 0.0822. The number of fused-ring (bicyclic) bond motifs is 1. The van der Waals surface area contributed by atoms with Gasteiger partial charge in [-0.3, -0.25) is 9.59 Å². The van der Waals surface area contributed by atoms with Crippen LogP contribution in [0.5, 0.6) is 0 Å². The molecule has 29 heavy (non-hydrogen) atoms. The van der Waals surface area contributed by atoms with Crippen LogP contribution in [0.15, 0.2) is 48.5 Å². The molecule has 1 unspecified atom stereocenters. The Labute approximate surface area is 171 Å². The third-order valence-electron chi connectivity index (χ3n) is 4.80. The highest BCUT2D eigenvalue weighted by atomic mass is 35.5. The van der Waals surface area contributed by atoms with E-state index in [1.54, 1.807) is 16.8 Å². The van der Waals surface area contributed by atoms with Crippen molar-refractivity contribution in [3.63, 3.8) is 0 Å². The van der Waals surface area contributed by atoms with E-state index in [-0.39, 0.29) is 24.1 Å². The molecule has 0 saturated carbocycles. The molecule has 148 valence electrons. The van der Waals surface area contributed by atoms with E-state index >= 15 is 0 Å². The summed E-state index contributed by atoms with van der Waals surface area (Å²) in [6.07, 6.45) is 0.587. The van der Waals surface area contributed by atoms with Gasteiger partial charge in [-0.2, -0.15) is 5.10 Å². The first kappa shape index (κ1) is 19.1. The number of carbonyl (C=O) groups excluding carboxylic acids is 2. The molecule has 2 N–H and O–H groups in total. The standard InChI is InChI=1S/C21H18ClFN4O2/c1-2-16-19(12-3-5-13(22)6-4-12)20-25-21(29)17(27(20)26-16)11-18(28)24-15-9-7-14(23)8-10-15/h3-10,17H,2,11H2,1H3,(H,24,28)(H,25,29). The molecule has 0 bridgehead atoms. The molecule has 0 fully saturated rings. The van der Waals surface area contributed by atoms with Crippen LogP contribution in [0.25, 0.3) is 11.1 Å². The Bertz CT molecular complexity index is 1080. The third kappa shape index (κ3) is 3.73. The van der Waals surface area contributed by atoms with Gasteiger partial charge >= 0.3 is 0 Å². The van der Waals surface area contributed by atoms with Crippen molar-refractivity contribution in [2.24, 2.45) is 0 Å². The van der Waals surface area contributed by atoms with Gasteiger partial charge in [-0.15, -0.1) is 0 Å². The predicted octanol–water partition coefficient (Wildman–Crippen LogP) is 4.43. The van der Waals surface area contributed by atoms with E-state index in [9.17, 15) is 14.0 Å². The number of carbonyl (C=O) groups is 2. The van der Waals surface area contributed by atoms with E-state index in [1.807, 2.05) is 19.1 Å². The fourth-order valence-corrected chi connectivity index (χ4v) is 3.53. The monoisotopic (exact) mass is 412 g/mol. The number of hydrogen-bond acceptors (Lipinski definition) is 3. The Morgan fingerprint density at radius 1 is 1.21 bits per heavy atom. The van der Waals surface area contributed by atoms with Gasteiger partial charge in [0.1, 0.15) is 17.7 Å². The van der Waals surface area contributed by atoms with Gasteiger partial charge in [0.15, 0.2) is 0 Å². The number of nitrogens with zero attached hydrogens (tertiary/aromatic N) is 2. The molecule has 1 aliphatic rings. The minimum Gasteiger partial charge on any atom is -0.326 e. The molecule has 3 aromatic rings. The number of aromatic nitrogens is 2. The lowest BCUT2D eigenvalue weighted by Gasteiger charge is -2.10. The van der Waals surface area contributed by atoms with E-state index in [4.69, 9.17) is 11.6 Å².